The van der Waals surface area contributed by atoms with Crippen molar-refractivity contribution in [1.29, 1.82) is 0 Å². The minimum atomic E-state index is -3.79. The van der Waals surface area contributed by atoms with Crippen LogP contribution in [-0.4, -0.2) is 23.4 Å². The maximum atomic E-state index is 11.5. The maximum Gasteiger partial charge on any atom is 0.287 e. The van der Waals surface area contributed by atoms with E-state index in [1.807, 2.05) is 24.3 Å². The van der Waals surface area contributed by atoms with Gasteiger partial charge in [-0.05, 0) is 40.5 Å². The van der Waals surface area contributed by atoms with E-state index < -0.39 is 10.2 Å². The third-order valence-corrected chi connectivity index (χ3v) is 4.64. The summed E-state index contributed by atoms with van der Waals surface area (Å²) in [6, 6.07) is 11.1. The molecule has 4 N–H and O–H groups in total. The summed E-state index contributed by atoms with van der Waals surface area (Å²) in [7, 11) is -3.79. The van der Waals surface area contributed by atoms with Crippen molar-refractivity contribution in [2.75, 3.05) is 0 Å². The van der Waals surface area contributed by atoms with E-state index in [2.05, 4.69) is 14.8 Å². The normalized spacial score (nSPS) is 14.2. The number of hydrogen-bond acceptors (Lipinski definition) is 5. The molecule has 0 aliphatic carbocycles. The van der Waals surface area contributed by atoms with Crippen LogP contribution in [0.15, 0.2) is 47.4 Å². The minimum absolute atomic E-state index is 0. The Morgan fingerprint density at radius 3 is 2.65 bits per heavy atom. The number of fused-ring (bicyclic) bond motifs is 2. The lowest BCUT2D eigenvalue weighted by Crippen LogP contribution is -2.42. The van der Waals surface area contributed by atoms with Gasteiger partial charge in [-0.3, -0.25) is 4.79 Å². The van der Waals surface area contributed by atoms with Gasteiger partial charge in [-0.25, -0.2) is 15.1 Å². The number of nitrogens with zero attached hydrogens (tertiary/aromatic N) is 2. The van der Waals surface area contributed by atoms with E-state index in [1.165, 1.54) is 6.07 Å². The summed E-state index contributed by atoms with van der Waals surface area (Å²) in [6.07, 6.45) is 1.65. The molecule has 0 spiro atoms. The first-order valence-corrected chi connectivity index (χ1v) is 9.09. The molecule has 1 aliphatic rings. The maximum absolute atomic E-state index is 11.5. The number of pyridine rings is 2. The number of aromatic amines is 1. The van der Waals surface area contributed by atoms with Crippen molar-refractivity contribution in [1.82, 2.24) is 19.8 Å². The van der Waals surface area contributed by atoms with Gasteiger partial charge in [-0.1, -0.05) is 12.1 Å². The first kappa shape index (κ1) is 18.5. The average molecular weight is 394 g/mol. The van der Waals surface area contributed by atoms with Crippen LogP contribution in [0.25, 0.3) is 22.2 Å². The SMILES string of the molecule is Cl.NS(=O)(=O)NN1Cc2ccc(-c3ccnc4[nH]c(=O)ccc34)cc2C1. The molecule has 0 radical (unpaired) electrons. The second kappa shape index (κ2) is 6.78. The van der Waals surface area contributed by atoms with Crippen molar-refractivity contribution < 1.29 is 8.42 Å². The fourth-order valence-corrected chi connectivity index (χ4v) is 3.61. The lowest BCUT2D eigenvalue weighted by Gasteiger charge is -2.13. The molecular weight excluding hydrogens is 378 g/mol. The Hall–Kier alpha value is -2.30. The number of hydrazine groups is 1. The lowest BCUT2D eigenvalue weighted by molar-refractivity contribution is 0.248. The van der Waals surface area contributed by atoms with Crippen LogP contribution in [0.3, 0.4) is 0 Å². The van der Waals surface area contributed by atoms with E-state index in [4.69, 9.17) is 5.14 Å². The van der Waals surface area contributed by atoms with E-state index in [-0.39, 0.29) is 18.0 Å². The van der Waals surface area contributed by atoms with E-state index in [0.29, 0.717) is 18.7 Å². The summed E-state index contributed by atoms with van der Waals surface area (Å²) in [4.78, 5) is 20.7. The lowest BCUT2D eigenvalue weighted by atomic mass is 9.99. The van der Waals surface area contributed by atoms with E-state index in [0.717, 1.165) is 27.6 Å². The Labute approximate surface area is 155 Å². The topological polar surface area (TPSA) is 121 Å². The van der Waals surface area contributed by atoms with Crippen LogP contribution in [-0.2, 0) is 23.3 Å². The minimum Gasteiger partial charge on any atom is -0.307 e. The molecule has 10 heteroatoms. The molecule has 0 bridgehead atoms. The summed E-state index contributed by atoms with van der Waals surface area (Å²) >= 11 is 0. The highest BCUT2D eigenvalue weighted by Crippen LogP contribution is 2.30. The summed E-state index contributed by atoms with van der Waals surface area (Å²) < 4.78 is 22.4. The zero-order valence-electron chi connectivity index (χ0n) is 13.5. The Kier molecular flexibility index (Phi) is 4.82. The molecule has 0 amide bonds. The van der Waals surface area contributed by atoms with E-state index >= 15 is 0 Å². The van der Waals surface area contributed by atoms with Gasteiger partial charge in [-0.15, -0.1) is 17.2 Å². The summed E-state index contributed by atoms with van der Waals surface area (Å²) in [5, 5.41) is 7.42. The fourth-order valence-electron chi connectivity index (χ4n) is 3.12. The summed E-state index contributed by atoms with van der Waals surface area (Å²) in [5.74, 6) is 0. The number of nitrogens with two attached hydrogens (primary N) is 1. The van der Waals surface area contributed by atoms with Gasteiger partial charge in [0.05, 0.1) is 0 Å². The Bertz CT molecular complexity index is 1150. The van der Waals surface area contributed by atoms with Crippen LogP contribution >= 0.6 is 12.4 Å². The monoisotopic (exact) mass is 393 g/mol. The molecule has 0 saturated heterocycles. The molecule has 3 aromatic rings. The quantitative estimate of drug-likeness (QED) is 0.613. The van der Waals surface area contributed by atoms with Gasteiger partial charge in [-0.2, -0.15) is 8.42 Å². The molecule has 3 heterocycles. The summed E-state index contributed by atoms with van der Waals surface area (Å²) in [5.41, 5.74) is 4.30. The largest absolute Gasteiger partial charge is 0.307 e. The fraction of sp³-hybridized carbons (Fsp3) is 0.125. The zero-order valence-corrected chi connectivity index (χ0v) is 15.1. The highest BCUT2D eigenvalue weighted by molar-refractivity contribution is 7.87. The molecule has 4 rings (SSSR count). The van der Waals surface area contributed by atoms with Gasteiger partial charge < -0.3 is 4.98 Å². The smallest absolute Gasteiger partial charge is 0.287 e. The van der Waals surface area contributed by atoms with E-state index in [9.17, 15) is 13.2 Å². The molecule has 26 heavy (non-hydrogen) atoms. The van der Waals surface area contributed by atoms with Gasteiger partial charge in [0.25, 0.3) is 10.2 Å². The molecule has 0 unspecified atom stereocenters. The molecular formula is C16H16ClN5O3S. The molecule has 0 atom stereocenters. The molecule has 1 aliphatic heterocycles. The first-order valence-electron chi connectivity index (χ1n) is 7.54. The molecule has 136 valence electrons. The molecule has 0 fully saturated rings. The van der Waals surface area contributed by atoms with Gasteiger partial charge in [0, 0.05) is 30.7 Å². The van der Waals surface area contributed by atoms with Crippen molar-refractivity contribution in [2.24, 2.45) is 5.14 Å². The first-order chi connectivity index (χ1) is 11.9. The molecule has 2 aromatic heterocycles. The van der Waals surface area contributed by atoms with Crippen LogP contribution in [0.4, 0.5) is 0 Å². The van der Waals surface area contributed by atoms with Crippen LogP contribution in [0.5, 0.6) is 0 Å². The number of aromatic nitrogens is 2. The van der Waals surface area contributed by atoms with Crippen molar-refractivity contribution in [3.8, 4) is 11.1 Å². The number of benzene rings is 1. The van der Waals surface area contributed by atoms with Gasteiger partial charge in [0.2, 0.25) is 5.56 Å². The van der Waals surface area contributed by atoms with Crippen molar-refractivity contribution in [3.05, 3.63) is 64.1 Å². The number of H-pyrrole nitrogens is 1. The molecule has 0 saturated carbocycles. The predicted octanol–water partition coefficient (Wildman–Crippen LogP) is 1.04. The van der Waals surface area contributed by atoms with Crippen molar-refractivity contribution in [2.45, 2.75) is 13.1 Å². The predicted molar refractivity (Wildman–Crippen MR) is 101 cm³/mol. The van der Waals surface area contributed by atoms with Crippen LogP contribution in [0, 0.1) is 0 Å². The Balaban J connectivity index is 0.00000196. The van der Waals surface area contributed by atoms with Gasteiger partial charge in [0.15, 0.2) is 0 Å². The second-order valence-corrected chi connectivity index (χ2v) is 7.19. The van der Waals surface area contributed by atoms with Crippen LogP contribution in [0.1, 0.15) is 11.1 Å². The number of hydrogen-bond donors (Lipinski definition) is 3. The number of halogens is 1. The highest BCUT2D eigenvalue weighted by atomic mass is 35.5. The Morgan fingerprint density at radius 2 is 1.88 bits per heavy atom. The molecule has 8 nitrogen and oxygen atoms in total. The number of nitrogens with one attached hydrogen (secondary N) is 2. The highest BCUT2D eigenvalue weighted by Gasteiger charge is 2.22. The second-order valence-electron chi connectivity index (χ2n) is 5.92. The van der Waals surface area contributed by atoms with Gasteiger partial charge in [0.1, 0.15) is 5.65 Å². The van der Waals surface area contributed by atoms with Crippen molar-refractivity contribution >= 4 is 33.6 Å². The Morgan fingerprint density at radius 1 is 1.12 bits per heavy atom. The van der Waals surface area contributed by atoms with Gasteiger partial charge >= 0.3 is 0 Å². The summed E-state index contributed by atoms with van der Waals surface area (Å²) in [6.45, 7) is 0.885. The third kappa shape index (κ3) is 3.62. The van der Waals surface area contributed by atoms with Crippen molar-refractivity contribution in [3.63, 3.8) is 0 Å². The molecule has 1 aromatic carbocycles. The zero-order chi connectivity index (χ0) is 17.6. The number of rotatable bonds is 3. The standard InChI is InChI=1S/C16H15N5O3S.ClH/c17-25(23,24)20-21-8-11-2-1-10(7-12(11)9-21)13-5-6-18-16-14(13)3-4-15(22)19-16;/h1-7,20H,8-9H2,(H2,17,23,24)(H,18,19,22);1H. The van der Waals surface area contributed by atoms with Crippen LogP contribution in [0.2, 0.25) is 0 Å². The van der Waals surface area contributed by atoms with Crippen LogP contribution < -0.4 is 15.5 Å². The average Bonchev–Trinajstić information content (AvgIpc) is 2.93. The third-order valence-electron chi connectivity index (χ3n) is 4.13. The van der Waals surface area contributed by atoms with E-state index in [1.54, 1.807) is 17.3 Å².